The maximum atomic E-state index is 14.4. The lowest BCUT2D eigenvalue weighted by Crippen LogP contribution is -2.35. The van der Waals surface area contributed by atoms with Crippen molar-refractivity contribution in [2.75, 3.05) is 37.0 Å². The van der Waals surface area contributed by atoms with Gasteiger partial charge in [0.15, 0.2) is 11.8 Å². The molecule has 1 aliphatic heterocycles. The number of benzene rings is 1. The summed E-state index contributed by atoms with van der Waals surface area (Å²) in [7, 11) is 3.61. The van der Waals surface area contributed by atoms with Crippen LogP contribution in [0.4, 0.5) is 15.8 Å². The van der Waals surface area contributed by atoms with Gasteiger partial charge in [-0.25, -0.2) is 4.39 Å². The van der Waals surface area contributed by atoms with Crippen LogP contribution in [-0.4, -0.2) is 33.1 Å². The average Bonchev–Trinajstić information content (AvgIpc) is 2.64. The van der Waals surface area contributed by atoms with Gasteiger partial charge in [-0.3, -0.25) is 4.99 Å². The van der Waals surface area contributed by atoms with Gasteiger partial charge in [0.05, 0.1) is 17.9 Å². The smallest absolute Gasteiger partial charge is 0.196 e. The van der Waals surface area contributed by atoms with E-state index in [0.29, 0.717) is 34.9 Å². The highest BCUT2D eigenvalue weighted by molar-refractivity contribution is 9.10. The molecule has 2 rings (SSSR count). The quantitative estimate of drug-likeness (QED) is 0.906. The fraction of sp³-hybridized carbons (Fsp3) is 0.364. The van der Waals surface area contributed by atoms with Gasteiger partial charge in [0.25, 0.3) is 0 Å². The van der Waals surface area contributed by atoms with Crippen molar-refractivity contribution in [3.05, 3.63) is 22.4 Å². The molecule has 0 radical (unpaired) electrons. The molecule has 4 nitrogen and oxygen atoms in total. The van der Waals surface area contributed by atoms with Crippen LogP contribution in [0.25, 0.3) is 0 Å². The molecule has 1 heterocycles. The van der Waals surface area contributed by atoms with Gasteiger partial charge in [-0.05, 0) is 28.1 Å². The summed E-state index contributed by atoms with van der Waals surface area (Å²) in [5, 5.41) is 0. The second-order valence-electron chi connectivity index (χ2n) is 4.02. The monoisotopic (exact) mass is 300 g/mol. The first-order valence-corrected chi connectivity index (χ1v) is 6.04. The van der Waals surface area contributed by atoms with E-state index in [4.69, 9.17) is 5.73 Å². The summed E-state index contributed by atoms with van der Waals surface area (Å²) in [6, 6.07) is 3.55. The van der Waals surface area contributed by atoms with Gasteiger partial charge in [0.2, 0.25) is 0 Å². The van der Waals surface area contributed by atoms with E-state index in [1.165, 1.54) is 0 Å². The van der Waals surface area contributed by atoms with Crippen molar-refractivity contribution in [2.45, 2.75) is 0 Å². The van der Waals surface area contributed by atoms with Gasteiger partial charge in [0, 0.05) is 25.1 Å². The molecule has 0 bridgehead atoms. The van der Waals surface area contributed by atoms with Crippen LogP contribution < -0.4 is 15.5 Å². The van der Waals surface area contributed by atoms with Gasteiger partial charge in [-0.15, -0.1) is 0 Å². The molecular weight excluding hydrogens is 287 g/mol. The molecule has 17 heavy (non-hydrogen) atoms. The number of rotatable bonds is 2. The highest BCUT2D eigenvalue weighted by Gasteiger charge is 2.24. The molecule has 0 aliphatic carbocycles. The number of guanidine groups is 1. The van der Waals surface area contributed by atoms with Crippen molar-refractivity contribution >= 4 is 33.3 Å². The van der Waals surface area contributed by atoms with Crippen molar-refractivity contribution in [1.82, 2.24) is 0 Å². The topological polar surface area (TPSA) is 44.9 Å². The van der Waals surface area contributed by atoms with E-state index in [0.717, 1.165) is 0 Å². The molecule has 0 atom stereocenters. The molecule has 0 fully saturated rings. The third-order valence-corrected chi connectivity index (χ3v) is 3.31. The minimum absolute atomic E-state index is 0.288. The van der Waals surface area contributed by atoms with Crippen molar-refractivity contribution < 1.29 is 4.39 Å². The first-order chi connectivity index (χ1) is 8.02. The van der Waals surface area contributed by atoms with Gasteiger partial charge in [-0.2, -0.15) is 0 Å². The van der Waals surface area contributed by atoms with E-state index in [2.05, 4.69) is 20.9 Å². The lowest BCUT2D eigenvalue weighted by atomic mass is 10.2. The Morgan fingerprint density at radius 1 is 1.47 bits per heavy atom. The summed E-state index contributed by atoms with van der Waals surface area (Å²) in [6.45, 7) is 1.21. The summed E-state index contributed by atoms with van der Waals surface area (Å²) < 4.78 is 15.1. The average molecular weight is 301 g/mol. The molecule has 1 aromatic carbocycles. The fourth-order valence-electron chi connectivity index (χ4n) is 1.81. The summed E-state index contributed by atoms with van der Waals surface area (Å²) in [5.74, 6) is 0.0740. The molecule has 6 heteroatoms. The normalized spacial score (nSPS) is 15.1. The minimum atomic E-state index is -0.288. The summed E-state index contributed by atoms with van der Waals surface area (Å²) >= 11 is 3.36. The molecule has 0 unspecified atom stereocenters. The zero-order chi connectivity index (χ0) is 12.6. The van der Waals surface area contributed by atoms with E-state index in [1.54, 1.807) is 30.0 Å². The highest BCUT2D eigenvalue weighted by Crippen LogP contribution is 2.35. The van der Waals surface area contributed by atoms with Crippen LogP contribution in [-0.2, 0) is 0 Å². The number of nitrogens with zero attached hydrogens (tertiary/aromatic N) is 3. The molecule has 0 spiro atoms. The molecular formula is C11H14BrFN4. The molecule has 0 aromatic heterocycles. The molecule has 0 amide bonds. The second kappa shape index (κ2) is 4.52. The van der Waals surface area contributed by atoms with Crippen LogP contribution in [0.2, 0.25) is 0 Å². The van der Waals surface area contributed by atoms with Crippen LogP contribution in [0.5, 0.6) is 0 Å². The first-order valence-electron chi connectivity index (χ1n) is 5.25. The largest absolute Gasteiger partial charge is 0.375 e. The Balaban J connectivity index is 2.52. The predicted octanol–water partition coefficient (Wildman–Crippen LogP) is 1.79. The Kier molecular flexibility index (Phi) is 3.24. The summed E-state index contributed by atoms with van der Waals surface area (Å²) in [5.41, 5.74) is 6.73. The third-order valence-electron chi connectivity index (χ3n) is 2.67. The van der Waals surface area contributed by atoms with Crippen LogP contribution in [0, 0.1) is 5.82 Å². The van der Waals surface area contributed by atoms with Crippen molar-refractivity contribution in [2.24, 2.45) is 10.7 Å². The Morgan fingerprint density at radius 2 is 2.18 bits per heavy atom. The molecule has 0 saturated heterocycles. The molecule has 1 aromatic rings. The van der Waals surface area contributed by atoms with Gasteiger partial charge in [-0.1, -0.05) is 0 Å². The van der Waals surface area contributed by atoms with Crippen molar-refractivity contribution in [3.8, 4) is 0 Å². The lowest BCUT2D eigenvalue weighted by molar-refractivity contribution is 0.624. The molecule has 0 saturated carbocycles. The standard InChI is InChI=1S/C11H14BrFN4/c1-16(2)8-4-3-7(12)10(9(8)13)17-6-5-15-11(17)14/h3-4H,5-6H2,1-2H3,(H2,14,15). The number of nitrogens with two attached hydrogens (primary N) is 1. The van der Waals surface area contributed by atoms with Gasteiger partial charge in [0.1, 0.15) is 0 Å². The van der Waals surface area contributed by atoms with Crippen molar-refractivity contribution in [1.29, 1.82) is 0 Å². The number of hydrogen-bond donors (Lipinski definition) is 1. The fourth-order valence-corrected chi connectivity index (χ4v) is 2.33. The van der Waals surface area contributed by atoms with Crippen LogP contribution in [0.15, 0.2) is 21.6 Å². The highest BCUT2D eigenvalue weighted by atomic mass is 79.9. The number of aliphatic imine (C=N–C) groups is 1. The first kappa shape index (κ1) is 12.2. The number of halogens is 2. The Bertz CT molecular complexity index is 473. The Labute approximate surface area is 108 Å². The molecule has 1 aliphatic rings. The second-order valence-corrected chi connectivity index (χ2v) is 4.87. The van der Waals surface area contributed by atoms with E-state index in [-0.39, 0.29) is 5.82 Å². The number of hydrogen-bond acceptors (Lipinski definition) is 4. The lowest BCUT2D eigenvalue weighted by Gasteiger charge is -2.23. The third kappa shape index (κ3) is 2.09. The van der Waals surface area contributed by atoms with E-state index >= 15 is 0 Å². The zero-order valence-electron chi connectivity index (χ0n) is 9.74. The Hall–Kier alpha value is -1.30. The van der Waals surface area contributed by atoms with Crippen molar-refractivity contribution in [3.63, 3.8) is 0 Å². The molecule has 2 N–H and O–H groups in total. The van der Waals surface area contributed by atoms with Gasteiger partial charge < -0.3 is 15.5 Å². The summed E-state index contributed by atoms with van der Waals surface area (Å²) in [4.78, 5) is 7.49. The minimum Gasteiger partial charge on any atom is -0.375 e. The number of anilines is 2. The molecule has 92 valence electrons. The van der Waals surface area contributed by atoms with Gasteiger partial charge >= 0.3 is 0 Å². The van der Waals surface area contributed by atoms with E-state index < -0.39 is 0 Å². The summed E-state index contributed by atoms with van der Waals surface area (Å²) in [6.07, 6.45) is 0. The van der Waals surface area contributed by atoms with Crippen LogP contribution >= 0.6 is 15.9 Å². The van der Waals surface area contributed by atoms with Crippen LogP contribution in [0.3, 0.4) is 0 Å². The Morgan fingerprint density at radius 3 is 2.71 bits per heavy atom. The SMILES string of the molecule is CN(C)c1ccc(Br)c(N2CCN=C2N)c1F. The van der Waals surface area contributed by atoms with E-state index in [1.807, 2.05) is 6.07 Å². The van der Waals surface area contributed by atoms with E-state index in [9.17, 15) is 4.39 Å². The maximum Gasteiger partial charge on any atom is 0.196 e. The van der Waals surface area contributed by atoms with Crippen LogP contribution in [0.1, 0.15) is 0 Å². The maximum absolute atomic E-state index is 14.4. The predicted molar refractivity (Wildman–Crippen MR) is 72.3 cm³/mol. The zero-order valence-corrected chi connectivity index (χ0v) is 11.3.